The van der Waals surface area contributed by atoms with Gasteiger partial charge in [-0.05, 0) is 62.9 Å². The highest BCUT2D eigenvalue weighted by Gasteiger charge is 2.04. The first-order valence-corrected chi connectivity index (χ1v) is 8.10. The van der Waals surface area contributed by atoms with Crippen LogP contribution in [-0.2, 0) is 4.79 Å². The highest BCUT2D eigenvalue weighted by Crippen LogP contribution is 2.19. The predicted octanol–water partition coefficient (Wildman–Crippen LogP) is 3.50. The van der Waals surface area contributed by atoms with Crippen LogP contribution in [0, 0.1) is 0 Å². The monoisotopic (exact) mass is 302 g/mol. The van der Waals surface area contributed by atoms with E-state index >= 15 is 0 Å². The fraction of sp³-hybridized carbons (Fsp3) is 0.500. The average molecular weight is 302 g/mol. The maximum absolute atomic E-state index is 11.8. The van der Waals surface area contributed by atoms with E-state index in [-0.39, 0.29) is 5.91 Å². The molecule has 1 aromatic rings. The van der Waals surface area contributed by atoms with Crippen LogP contribution >= 0.6 is 0 Å². The zero-order valence-electron chi connectivity index (χ0n) is 13.4. The lowest BCUT2D eigenvalue weighted by Crippen LogP contribution is -2.23. The Morgan fingerprint density at radius 1 is 1.18 bits per heavy atom. The number of hydrogen-bond acceptors (Lipinski definition) is 3. The van der Waals surface area contributed by atoms with Crippen molar-refractivity contribution in [3.05, 3.63) is 35.9 Å². The van der Waals surface area contributed by atoms with E-state index in [0.717, 1.165) is 30.9 Å². The first-order valence-electron chi connectivity index (χ1n) is 8.10. The number of methoxy groups -OCH3 is 1. The molecule has 0 bridgehead atoms. The number of anilines is 1. The summed E-state index contributed by atoms with van der Waals surface area (Å²) < 4.78 is 5.09. The van der Waals surface area contributed by atoms with Crippen LogP contribution in [0.2, 0.25) is 0 Å². The summed E-state index contributed by atoms with van der Waals surface area (Å²) in [5.74, 6) is 0.825. The summed E-state index contributed by atoms with van der Waals surface area (Å²) >= 11 is 0. The number of allylic oxidation sites excluding steroid dienone is 1. The molecule has 0 aliphatic heterocycles. The van der Waals surface area contributed by atoms with Crippen LogP contribution in [0.5, 0.6) is 5.75 Å². The molecule has 120 valence electrons. The SMILES string of the molecule is COc1ccc(NC(=O)CCNCCC2=CCCCC2)cc1. The van der Waals surface area contributed by atoms with Gasteiger partial charge in [-0.25, -0.2) is 0 Å². The molecule has 0 saturated heterocycles. The van der Waals surface area contributed by atoms with E-state index in [1.807, 2.05) is 24.3 Å². The van der Waals surface area contributed by atoms with Crippen molar-refractivity contribution in [1.82, 2.24) is 5.32 Å². The van der Waals surface area contributed by atoms with Crippen LogP contribution in [0.1, 0.15) is 38.5 Å². The Morgan fingerprint density at radius 3 is 2.68 bits per heavy atom. The van der Waals surface area contributed by atoms with E-state index in [9.17, 15) is 4.79 Å². The van der Waals surface area contributed by atoms with Crippen LogP contribution in [0.25, 0.3) is 0 Å². The standard InChI is InChI=1S/C18H26N2O2/c1-22-17-9-7-16(8-10-17)20-18(21)12-14-19-13-11-15-5-3-2-4-6-15/h5,7-10,19H,2-4,6,11-14H2,1H3,(H,20,21). The predicted molar refractivity (Wildman–Crippen MR) is 90.3 cm³/mol. The summed E-state index contributed by atoms with van der Waals surface area (Å²) in [6.07, 6.45) is 9.13. The first kappa shape index (κ1) is 16.6. The first-order chi connectivity index (χ1) is 10.8. The molecule has 2 rings (SSSR count). The number of ether oxygens (including phenoxy) is 1. The second-order valence-corrected chi connectivity index (χ2v) is 5.63. The summed E-state index contributed by atoms with van der Waals surface area (Å²) in [6, 6.07) is 7.37. The van der Waals surface area contributed by atoms with Gasteiger partial charge in [-0.3, -0.25) is 4.79 Å². The van der Waals surface area contributed by atoms with Gasteiger partial charge in [-0.1, -0.05) is 11.6 Å². The van der Waals surface area contributed by atoms with Crippen molar-refractivity contribution in [1.29, 1.82) is 0 Å². The molecule has 22 heavy (non-hydrogen) atoms. The minimum atomic E-state index is 0.0366. The van der Waals surface area contributed by atoms with E-state index in [1.54, 1.807) is 12.7 Å². The number of nitrogens with one attached hydrogen (secondary N) is 2. The molecule has 0 spiro atoms. The molecule has 0 fully saturated rings. The molecule has 1 aliphatic carbocycles. The highest BCUT2D eigenvalue weighted by molar-refractivity contribution is 5.90. The highest BCUT2D eigenvalue weighted by atomic mass is 16.5. The van der Waals surface area contributed by atoms with Crippen molar-refractivity contribution < 1.29 is 9.53 Å². The zero-order valence-corrected chi connectivity index (χ0v) is 13.4. The van der Waals surface area contributed by atoms with Gasteiger partial charge < -0.3 is 15.4 Å². The summed E-state index contributed by atoms with van der Waals surface area (Å²) in [5, 5.41) is 6.23. The van der Waals surface area contributed by atoms with Crippen LogP contribution < -0.4 is 15.4 Å². The number of rotatable bonds is 8. The largest absolute Gasteiger partial charge is 0.497 e. The molecule has 0 aromatic heterocycles. The van der Waals surface area contributed by atoms with Crippen LogP contribution in [0.3, 0.4) is 0 Å². The maximum atomic E-state index is 11.8. The van der Waals surface area contributed by atoms with E-state index in [4.69, 9.17) is 4.74 Å². The molecule has 2 N–H and O–H groups in total. The molecular formula is C18H26N2O2. The molecule has 0 saturated carbocycles. The number of hydrogen-bond donors (Lipinski definition) is 2. The molecule has 0 unspecified atom stereocenters. The number of carbonyl (C=O) groups is 1. The fourth-order valence-corrected chi connectivity index (χ4v) is 2.61. The Kier molecular flexibility index (Phi) is 6.97. The average Bonchev–Trinajstić information content (AvgIpc) is 2.56. The molecule has 0 radical (unpaired) electrons. The van der Waals surface area contributed by atoms with Crippen LogP contribution in [0.4, 0.5) is 5.69 Å². The maximum Gasteiger partial charge on any atom is 0.225 e. The lowest BCUT2D eigenvalue weighted by molar-refractivity contribution is -0.116. The lowest BCUT2D eigenvalue weighted by atomic mass is 9.97. The second kappa shape index (κ2) is 9.26. The number of benzene rings is 1. The van der Waals surface area contributed by atoms with Gasteiger partial charge in [0.2, 0.25) is 5.91 Å². The smallest absolute Gasteiger partial charge is 0.225 e. The van der Waals surface area contributed by atoms with E-state index in [2.05, 4.69) is 16.7 Å². The summed E-state index contributed by atoms with van der Waals surface area (Å²) in [4.78, 5) is 11.8. The second-order valence-electron chi connectivity index (χ2n) is 5.63. The molecule has 0 heterocycles. The summed E-state index contributed by atoms with van der Waals surface area (Å²) in [6.45, 7) is 1.68. The molecule has 1 amide bonds. The number of amides is 1. The third-order valence-electron chi connectivity index (χ3n) is 3.91. The Hall–Kier alpha value is -1.81. The molecule has 4 heteroatoms. The Bertz CT molecular complexity index is 494. The zero-order chi connectivity index (χ0) is 15.6. The lowest BCUT2D eigenvalue weighted by Gasteiger charge is -2.13. The Balaban J connectivity index is 1.58. The van der Waals surface area contributed by atoms with E-state index in [0.29, 0.717) is 6.42 Å². The van der Waals surface area contributed by atoms with Gasteiger partial charge in [-0.15, -0.1) is 0 Å². The van der Waals surface area contributed by atoms with Gasteiger partial charge in [0.15, 0.2) is 0 Å². The van der Waals surface area contributed by atoms with Gasteiger partial charge in [0, 0.05) is 18.7 Å². The van der Waals surface area contributed by atoms with Gasteiger partial charge in [-0.2, -0.15) is 0 Å². The quantitative estimate of drug-likeness (QED) is 0.571. The fourth-order valence-electron chi connectivity index (χ4n) is 2.61. The minimum absolute atomic E-state index is 0.0366. The minimum Gasteiger partial charge on any atom is -0.497 e. The van der Waals surface area contributed by atoms with E-state index in [1.165, 1.54) is 25.7 Å². The molecule has 4 nitrogen and oxygen atoms in total. The van der Waals surface area contributed by atoms with Gasteiger partial charge >= 0.3 is 0 Å². The van der Waals surface area contributed by atoms with Gasteiger partial charge in [0.25, 0.3) is 0 Å². The van der Waals surface area contributed by atoms with Gasteiger partial charge in [0.1, 0.15) is 5.75 Å². The molecule has 1 aliphatic rings. The summed E-state index contributed by atoms with van der Waals surface area (Å²) in [7, 11) is 1.63. The third kappa shape index (κ3) is 5.90. The Morgan fingerprint density at radius 2 is 2.00 bits per heavy atom. The van der Waals surface area contributed by atoms with Crippen LogP contribution in [-0.4, -0.2) is 26.1 Å². The van der Waals surface area contributed by atoms with Gasteiger partial charge in [0.05, 0.1) is 7.11 Å². The van der Waals surface area contributed by atoms with Crippen molar-refractivity contribution in [2.75, 3.05) is 25.5 Å². The third-order valence-corrected chi connectivity index (χ3v) is 3.91. The topological polar surface area (TPSA) is 50.4 Å². The van der Waals surface area contributed by atoms with Crippen molar-refractivity contribution in [3.63, 3.8) is 0 Å². The van der Waals surface area contributed by atoms with Crippen molar-refractivity contribution in [2.45, 2.75) is 38.5 Å². The Labute approximate surface area is 132 Å². The molecular weight excluding hydrogens is 276 g/mol. The van der Waals surface area contributed by atoms with Crippen molar-refractivity contribution in [2.24, 2.45) is 0 Å². The number of carbonyl (C=O) groups excluding carboxylic acids is 1. The van der Waals surface area contributed by atoms with E-state index < -0.39 is 0 Å². The molecule has 1 aromatic carbocycles. The van der Waals surface area contributed by atoms with Crippen molar-refractivity contribution >= 4 is 11.6 Å². The molecule has 0 atom stereocenters. The van der Waals surface area contributed by atoms with Crippen LogP contribution in [0.15, 0.2) is 35.9 Å². The van der Waals surface area contributed by atoms with Crippen molar-refractivity contribution in [3.8, 4) is 5.75 Å². The summed E-state index contributed by atoms with van der Waals surface area (Å²) in [5.41, 5.74) is 2.37. The normalized spacial score (nSPS) is 14.3.